The lowest BCUT2D eigenvalue weighted by atomic mass is 10.0. The maximum absolute atomic E-state index is 12.3. The molecule has 4 nitrogen and oxygen atoms in total. The van der Waals surface area contributed by atoms with Gasteiger partial charge in [-0.05, 0) is 53.4 Å². The quantitative estimate of drug-likeness (QED) is 0.876. The largest absolute Gasteiger partial charge is 0.378 e. The molecule has 1 aliphatic rings. The molecule has 0 aromatic heterocycles. The normalized spacial score (nSPS) is 23.1. The summed E-state index contributed by atoms with van der Waals surface area (Å²) in [5, 5.41) is 0. The highest BCUT2D eigenvalue weighted by atomic mass is 79.9. The first kappa shape index (κ1) is 15.9. The van der Waals surface area contributed by atoms with Crippen molar-refractivity contribution < 1.29 is 13.2 Å². The van der Waals surface area contributed by atoms with Gasteiger partial charge in [-0.2, -0.15) is 0 Å². The molecular weight excluding hydrogens is 342 g/mol. The van der Waals surface area contributed by atoms with E-state index in [4.69, 9.17) is 4.74 Å². The van der Waals surface area contributed by atoms with Crippen molar-refractivity contribution in [1.29, 1.82) is 0 Å². The molecule has 112 valence electrons. The first-order valence-electron chi connectivity index (χ1n) is 6.81. The number of nitrogens with one attached hydrogen (secondary N) is 1. The van der Waals surface area contributed by atoms with E-state index in [1.807, 2.05) is 13.0 Å². The molecule has 0 saturated carbocycles. The average molecular weight is 362 g/mol. The number of hydrogen-bond donors (Lipinski definition) is 1. The Hall–Kier alpha value is -0.430. The Morgan fingerprint density at radius 3 is 2.85 bits per heavy atom. The maximum Gasteiger partial charge on any atom is 0.241 e. The minimum absolute atomic E-state index is 0.166. The van der Waals surface area contributed by atoms with Crippen LogP contribution in [0.25, 0.3) is 0 Å². The predicted octanol–water partition coefficient (Wildman–Crippen LogP) is 2.85. The Labute approximate surface area is 129 Å². The summed E-state index contributed by atoms with van der Waals surface area (Å²) in [5.74, 6) is 0.263. The van der Waals surface area contributed by atoms with Crippen LogP contribution in [0.3, 0.4) is 0 Å². The van der Waals surface area contributed by atoms with Gasteiger partial charge in [0.25, 0.3) is 0 Å². The second-order valence-electron chi connectivity index (χ2n) is 5.15. The summed E-state index contributed by atoms with van der Waals surface area (Å²) in [6.07, 6.45) is 2.00. The van der Waals surface area contributed by atoms with E-state index in [2.05, 4.69) is 27.6 Å². The lowest BCUT2D eigenvalue weighted by molar-refractivity contribution is 0.0884. The van der Waals surface area contributed by atoms with Crippen LogP contribution in [0, 0.1) is 12.8 Å². The Morgan fingerprint density at radius 1 is 1.45 bits per heavy atom. The van der Waals surface area contributed by atoms with Gasteiger partial charge in [-0.25, -0.2) is 13.1 Å². The Balaban J connectivity index is 2.07. The molecule has 0 bridgehead atoms. The highest BCUT2D eigenvalue weighted by Gasteiger charge is 2.28. The molecule has 6 heteroatoms. The number of hydrogen-bond acceptors (Lipinski definition) is 3. The van der Waals surface area contributed by atoms with Crippen molar-refractivity contribution in [3.8, 4) is 0 Å². The van der Waals surface area contributed by atoms with E-state index in [-0.39, 0.29) is 16.9 Å². The monoisotopic (exact) mass is 361 g/mol. The van der Waals surface area contributed by atoms with Gasteiger partial charge in [-0.1, -0.05) is 13.0 Å². The zero-order valence-electron chi connectivity index (χ0n) is 11.7. The Kier molecular flexibility index (Phi) is 5.23. The molecule has 0 radical (unpaired) electrons. The van der Waals surface area contributed by atoms with E-state index in [0.717, 1.165) is 25.0 Å². The molecule has 1 N–H and O–H groups in total. The topological polar surface area (TPSA) is 55.4 Å². The molecule has 2 unspecified atom stereocenters. The van der Waals surface area contributed by atoms with E-state index < -0.39 is 10.0 Å². The van der Waals surface area contributed by atoms with Crippen molar-refractivity contribution >= 4 is 26.0 Å². The fourth-order valence-corrected chi connectivity index (χ4v) is 4.78. The SMILES string of the molecule is CCC1OCCC1CNS(=O)(=O)c1ccc(C)cc1Br. The van der Waals surface area contributed by atoms with Gasteiger partial charge in [-0.15, -0.1) is 0 Å². The number of ether oxygens (including phenoxy) is 1. The van der Waals surface area contributed by atoms with E-state index >= 15 is 0 Å². The fourth-order valence-electron chi connectivity index (χ4n) is 2.50. The van der Waals surface area contributed by atoms with E-state index in [0.29, 0.717) is 11.0 Å². The maximum atomic E-state index is 12.3. The predicted molar refractivity (Wildman–Crippen MR) is 82.2 cm³/mol. The van der Waals surface area contributed by atoms with E-state index in [1.165, 1.54) is 0 Å². The van der Waals surface area contributed by atoms with E-state index in [1.54, 1.807) is 12.1 Å². The van der Waals surface area contributed by atoms with Crippen LogP contribution >= 0.6 is 15.9 Å². The lowest BCUT2D eigenvalue weighted by Gasteiger charge is -2.17. The molecule has 1 saturated heterocycles. The molecule has 0 aliphatic carbocycles. The minimum Gasteiger partial charge on any atom is -0.378 e. The summed E-state index contributed by atoms with van der Waals surface area (Å²) < 4.78 is 33.6. The van der Waals surface area contributed by atoms with Crippen molar-refractivity contribution in [3.63, 3.8) is 0 Å². The molecule has 0 amide bonds. The summed E-state index contributed by atoms with van der Waals surface area (Å²) in [6.45, 7) is 5.14. The number of sulfonamides is 1. The molecular formula is C14H20BrNO3S. The standard InChI is InChI=1S/C14H20BrNO3S/c1-3-13-11(6-7-19-13)9-16-20(17,18)14-5-4-10(2)8-12(14)15/h4-5,8,11,13,16H,3,6-7,9H2,1-2H3. The van der Waals surface area contributed by atoms with Crippen molar-refractivity contribution in [2.45, 2.75) is 37.7 Å². The van der Waals surface area contributed by atoms with Gasteiger partial charge in [0.15, 0.2) is 0 Å². The first-order valence-corrected chi connectivity index (χ1v) is 9.09. The third-order valence-electron chi connectivity index (χ3n) is 3.66. The molecule has 0 spiro atoms. The molecule has 2 atom stereocenters. The lowest BCUT2D eigenvalue weighted by Crippen LogP contribution is -2.32. The molecule has 1 fully saturated rings. The van der Waals surface area contributed by atoms with Crippen LogP contribution in [-0.4, -0.2) is 27.7 Å². The fraction of sp³-hybridized carbons (Fsp3) is 0.571. The third-order valence-corrected chi connectivity index (χ3v) is 6.06. The van der Waals surface area contributed by atoms with Crippen molar-refractivity contribution in [3.05, 3.63) is 28.2 Å². The zero-order chi connectivity index (χ0) is 14.8. The minimum atomic E-state index is -3.48. The molecule has 1 aromatic carbocycles. The van der Waals surface area contributed by atoms with Gasteiger partial charge in [0.1, 0.15) is 0 Å². The van der Waals surface area contributed by atoms with Gasteiger partial charge >= 0.3 is 0 Å². The van der Waals surface area contributed by atoms with Crippen molar-refractivity contribution in [2.75, 3.05) is 13.2 Å². The third kappa shape index (κ3) is 3.61. The molecule has 1 aliphatic heterocycles. The Bertz CT molecular complexity index is 574. The van der Waals surface area contributed by atoms with Gasteiger partial charge in [0, 0.05) is 23.5 Å². The summed E-state index contributed by atoms with van der Waals surface area (Å²) in [7, 11) is -3.48. The van der Waals surface area contributed by atoms with Gasteiger partial charge in [-0.3, -0.25) is 0 Å². The van der Waals surface area contributed by atoms with E-state index in [9.17, 15) is 8.42 Å². The van der Waals surface area contributed by atoms with Crippen molar-refractivity contribution in [2.24, 2.45) is 5.92 Å². The van der Waals surface area contributed by atoms with Crippen LogP contribution in [0.1, 0.15) is 25.3 Å². The zero-order valence-corrected chi connectivity index (χ0v) is 14.1. The Morgan fingerprint density at radius 2 is 2.20 bits per heavy atom. The molecule has 1 heterocycles. The number of benzene rings is 1. The summed E-state index contributed by atoms with van der Waals surface area (Å²) >= 11 is 3.32. The van der Waals surface area contributed by atoms with Crippen LogP contribution in [0.4, 0.5) is 0 Å². The highest BCUT2D eigenvalue weighted by Crippen LogP contribution is 2.25. The molecule has 20 heavy (non-hydrogen) atoms. The highest BCUT2D eigenvalue weighted by molar-refractivity contribution is 9.10. The average Bonchev–Trinajstić information content (AvgIpc) is 2.83. The summed E-state index contributed by atoms with van der Waals surface area (Å²) in [5.41, 5.74) is 1.02. The summed E-state index contributed by atoms with van der Waals surface area (Å²) in [4.78, 5) is 0.287. The molecule has 2 rings (SSSR count). The summed E-state index contributed by atoms with van der Waals surface area (Å²) in [6, 6.07) is 5.24. The van der Waals surface area contributed by atoms with Crippen LogP contribution in [0.2, 0.25) is 0 Å². The van der Waals surface area contributed by atoms with Crippen LogP contribution < -0.4 is 4.72 Å². The van der Waals surface area contributed by atoms with Crippen LogP contribution in [0.5, 0.6) is 0 Å². The number of aryl methyl sites for hydroxylation is 1. The molecule has 1 aromatic rings. The second-order valence-corrected chi connectivity index (χ2v) is 7.74. The van der Waals surface area contributed by atoms with Crippen LogP contribution in [0.15, 0.2) is 27.6 Å². The van der Waals surface area contributed by atoms with Gasteiger partial charge < -0.3 is 4.74 Å². The second kappa shape index (κ2) is 6.56. The van der Waals surface area contributed by atoms with Crippen LogP contribution in [-0.2, 0) is 14.8 Å². The number of halogens is 1. The van der Waals surface area contributed by atoms with Crippen molar-refractivity contribution in [1.82, 2.24) is 4.72 Å². The van der Waals surface area contributed by atoms with Gasteiger partial charge in [0.2, 0.25) is 10.0 Å². The smallest absolute Gasteiger partial charge is 0.241 e. The first-order chi connectivity index (χ1) is 9.44. The van der Waals surface area contributed by atoms with Gasteiger partial charge in [0.05, 0.1) is 11.0 Å². The number of rotatable bonds is 5.